The van der Waals surface area contributed by atoms with Crippen LogP contribution in [0.5, 0.6) is 0 Å². The van der Waals surface area contributed by atoms with Gasteiger partial charge in [0, 0.05) is 29.2 Å². The number of aromatic nitrogens is 1. The number of para-hydroxylation sites is 1. The molecule has 0 atom stereocenters. The van der Waals surface area contributed by atoms with Gasteiger partial charge < -0.3 is 4.57 Å². The van der Waals surface area contributed by atoms with Crippen LogP contribution in [-0.4, -0.2) is 22.4 Å². The third kappa shape index (κ3) is 3.80. The fourth-order valence-corrected chi connectivity index (χ4v) is 3.94. The zero-order valence-corrected chi connectivity index (χ0v) is 17.4. The number of nitrogens with one attached hydrogen (secondary N) is 1. The lowest BCUT2D eigenvalue weighted by Crippen LogP contribution is -2.54. The van der Waals surface area contributed by atoms with Crippen LogP contribution in [0, 0.1) is 5.82 Å². The highest BCUT2D eigenvalue weighted by Crippen LogP contribution is 2.27. The Labute approximate surface area is 188 Å². The van der Waals surface area contributed by atoms with E-state index >= 15 is 0 Å². The minimum atomic E-state index is -0.875. The summed E-state index contributed by atoms with van der Waals surface area (Å²) in [5.74, 6) is -2.04. The molecule has 33 heavy (non-hydrogen) atoms. The number of benzene rings is 3. The molecule has 6 nitrogen and oxygen atoms in total. The van der Waals surface area contributed by atoms with Crippen molar-refractivity contribution in [1.29, 1.82) is 0 Å². The minimum absolute atomic E-state index is 0.170. The van der Waals surface area contributed by atoms with Gasteiger partial charge in [-0.3, -0.25) is 14.9 Å². The number of imide groups is 2. The average molecular weight is 439 g/mol. The van der Waals surface area contributed by atoms with Crippen molar-refractivity contribution in [2.45, 2.75) is 6.54 Å². The van der Waals surface area contributed by atoms with E-state index in [-0.39, 0.29) is 11.3 Å². The monoisotopic (exact) mass is 439 g/mol. The van der Waals surface area contributed by atoms with Crippen LogP contribution in [0.4, 0.5) is 14.9 Å². The van der Waals surface area contributed by atoms with Crippen LogP contribution in [0.2, 0.25) is 0 Å². The lowest BCUT2D eigenvalue weighted by atomic mass is 10.1. The van der Waals surface area contributed by atoms with Gasteiger partial charge in [0.05, 0.1) is 5.69 Å². The number of rotatable bonds is 4. The molecule has 1 N–H and O–H groups in total. The number of nitrogens with zero attached hydrogens (tertiary/aromatic N) is 2. The Kier molecular flexibility index (Phi) is 5.06. The van der Waals surface area contributed by atoms with Gasteiger partial charge in [-0.05, 0) is 42.0 Å². The second kappa shape index (κ2) is 8.20. The van der Waals surface area contributed by atoms with Crippen molar-refractivity contribution in [2.24, 2.45) is 0 Å². The molecule has 1 fully saturated rings. The molecular formula is C26H18FN3O3. The lowest BCUT2D eigenvalue weighted by Gasteiger charge is -2.26. The van der Waals surface area contributed by atoms with Crippen LogP contribution in [-0.2, 0) is 16.1 Å². The summed E-state index contributed by atoms with van der Waals surface area (Å²) >= 11 is 0. The van der Waals surface area contributed by atoms with Gasteiger partial charge in [-0.1, -0.05) is 48.5 Å². The highest BCUT2D eigenvalue weighted by molar-refractivity contribution is 6.39. The predicted octanol–water partition coefficient (Wildman–Crippen LogP) is 4.50. The Morgan fingerprint density at radius 2 is 1.55 bits per heavy atom. The molecule has 1 aliphatic heterocycles. The summed E-state index contributed by atoms with van der Waals surface area (Å²) in [6.45, 7) is 0.616. The van der Waals surface area contributed by atoms with E-state index in [1.807, 2.05) is 65.4 Å². The molecule has 1 aliphatic rings. The number of barbiturate groups is 1. The first-order valence-electron chi connectivity index (χ1n) is 10.3. The molecule has 2 heterocycles. The Morgan fingerprint density at radius 3 is 2.30 bits per heavy atom. The quantitative estimate of drug-likeness (QED) is 0.376. The van der Waals surface area contributed by atoms with Crippen LogP contribution in [0.15, 0.2) is 90.6 Å². The fraction of sp³-hybridized carbons (Fsp3) is 0.0385. The standard InChI is InChI=1S/C26H18FN3O3/c27-19-10-12-20(13-11-19)30-25(32)22(24(31)28-26(30)33)14-18-16-29(15-17-6-2-1-3-7-17)23-9-5-4-8-21(18)23/h1-14,16H,15H2,(H,28,31,33)/b22-14-. The SMILES string of the molecule is O=C1NC(=O)N(c2ccc(F)cc2)C(=O)/C1=C\c1cn(Cc2ccccc2)c2ccccc12. The summed E-state index contributed by atoms with van der Waals surface area (Å²) in [5.41, 5.74) is 2.72. The summed E-state index contributed by atoms with van der Waals surface area (Å²) in [7, 11) is 0. The number of fused-ring (bicyclic) bond motifs is 1. The second-order valence-electron chi connectivity index (χ2n) is 7.65. The topological polar surface area (TPSA) is 71.4 Å². The Hall–Kier alpha value is -4.52. The second-order valence-corrected chi connectivity index (χ2v) is 7.65. The number of hydrogen-bond acceptors (Lipinski definition) is 3. The highest BCUT2D eigenvalue weighted by atomic mass is 19.1. The lowest BCUT2D eigenvalue weighted by molar-refractivity contribution is -0.122. The van der Waals surface area contributed by atoms with Crippen LogP contribution < -0.4 is 10.2 Å². The molecule has 0 radical (unpaired) electrons. The third-order valence-corrected chi connectivity index (χ3v) is 5.50. The predicted molar refractivity (Wildman–Crippen MR) is 123 cm³/mol. The van der Waals surface area contributed by atoms with Crippen molar-refractivity contribution >= 4 is 40.5 Å². The Morgan fingerprint density at radius 1 is 0.848 bits per heavy atom. The molecular weight excluding hydrogens is 421 g/mol. The van der Waals surface area contributed by atoms with Gasteiger partial charge in [-0.2, -0.15) is 0 Å². The van der Waals surface area contributed by atoms with Crippen LogP contribution >= 0.6 is 0 Å². The van der Waals surface area contributed by atoms with Gasteiger partial charge in [0.25, 0.3) is 11.8 Å². The first-order valence-corrected chi connectivity index (χ1v) is 10.3. The molecule has 162 valence electrons. The van der Waals surface area contributed by atoms with Crippen molar-refractivity contribution < 1.29 is 18.8 Å². The largest absolute Gasteiger partial charge is 0.342 e. The van der Waals surface area contributed by atoms with Crippen molar-refractivity contribution in [3.8, 4) is 0 Å². The smallest absolute Gasteiger partial charge is 0.335 e. The van der Waals surface area contributed by atoms with Crippen molar-refractivity contribution in [3.63, 3.8) is 0 Å². The molecule has 4 aromatic rings. The van der Waals surface area contributed by atoms with E-state index in [4.69, 9.17) is 0 Å². The zero-order chi connectivity index (χ0) is 22.9. The molecule has 0 bridgehead atoms. The van der Waals surface area contributed by atoms with Gasteiger partial charge in [0.15, 0.2) is 0 Å². The molecule has 5 rings (SSSR count). The summed E-state index contributed by atoms with van der Waals surface area (Å²) in [4.78, 5) is 38.9. The van der Waals surface area contributed by atoms with Crippen LogP contribution in [0.25, 0.3) is 17.0 Å². The van der Waals surface area contributed by atoms with Crippen molar-refractivity contribution in [1.82, 2.24) is 9.88 Å². The summed E-state index contributed by atoms with van der Waals surface area (Å²) in [6.07, 6.45) is 3.37. The van der Waals surface area contributed by atoms with E-state index in [1.165, 1.54) is 18.2 Å². The molecule has 0 aliphatic carbocycles. The van der Waals surface area contributed by atoms with E-state index in [0.29, 0.717) is 12.1 Å². The molecule has 7 heteroatoms. The first-order chi connectivity index (χ1) is 16.0. The maximum Gasteiger partial charge on any atom is 0.335 e. The maximum absolute atomic E-state index is 13.3. The first kappa shape index (κ1) is 20.4. The van der Waals surface area contributed by atoms with E-state index in [0.717, 1.165) is 33.5 Å². The summed E-state index contributed by atoms with van der Waals surface area (Å²) in [6, 6.07) is 21.7. The van der Waals surface area contributed by atoms with Crippen LogP contribution in [0.3, 0.4) is 0 Å². The Bertz CT molecular complexity index is 1420. The number of amides is 4. The molecule has 0 saturated carbocycles. The van der Waals surface area contributed by atoms with Crippen molar-refractivity contribution in [3.05, 3.63) is 108 Å². The summed E-state index contributed by atoms with van der Waals surface area (Å²) < 4.78 is 15.4. The number of hydrogen-bond donors (Lipinski definition) is 1. The fourth-order valence-electron chi connectivity index (χ4n) is 3.94. The molecule has 4 amide bonds. The van der Waals surface area contributed by atoms with Gasteiger partial charge in [0.2, 0.25) is 0 Å². The van der Waals surface area contributed by atoms with Gasteiger partial charge in [0.1, 0.15) is 11.4 Å². The van der Waals surface area contributed by atoms with Gasteiger partial charge in [-0.25, -0.2) is 14.1 Å². The number of halogens is 1. The van der Waals surface area contributed by atoms with Gasteiger partial charge in [-0.15, -0.1) is 0 Å². The minimum Gasteiger partial charge on any atom is -0.342 e. The molecule has 0 spiro atoms. The molecule has 0 unspecified atom stereocenters. The van der Waals surface area contributed by atoms with E-state index in [1.54, 1.807) is 0 Å². The van der Waals surface area contributed by atoms with Crippen LogP contribution in [0.1, 0.15) is 11.1 Å². The summed E-state index contributed by atoms with van der Waals surface area (Å²) in [5, 5.41) is 3.06. The Balaban J connectivity index is 1.57. The number of anilines is 1. The van der Waals surface area contributed by atoms with E-state index in [2.05, 4.69) is 5.32 Å². The number of carbonyl (C=O) groups is 3. The molecule has 1 saturated heterocycles. The maximum atomic E-state index is 13.3. The number of urea groups is 1. The van der Waals surface area contributed by atoms with E-state index in [9.17, 15) is 18.8 Å². The van der Waals surface area contributed by atoms with Crippen molar-refractivity contribution in [2.75, 3.05) is 4.90 Å². The highest BCUT2D eigenvalue weighted by Gasteiger charge is 2.37. The normalized spacial score (nSPS) is 15.4. The zero-order valence-electron chi connectivity index (χ0n) is 17.4. The average Bonchev–Trinajstić information content (AvgIpc) is 3.16. The van der Waals surface area contributed by atoms with Gasteiger partial charge >= 0.3 is 6.03 Å². The third-order valence-electron chi connectivity index (χ3n) is 5.50. The van der Waals surface area contributed by atoms with E-state index < -0.39 is 23.7 Å². The molecule has 1 aromatic heterocycles. The number of carbonyl (C=O) groups excluding carboxylic acids is 3. The molecule has 3 aromatic carbocycles.